The Morgan fingerprint density at radius 2 is 2.19 bits per heavy atom. The number of aromatic nitrogens is 1. The molecule has 2 aromatic rings. The Kier molecular flexibility index (Phi) is 5.19. The summed E-state index contributed by atoms with van der Waals surface area (Å²) in [6.45, 7) is 4.75. The molecule has 4 N–H and O–H groups in total. The third-order valence-corrected chi connectivity index (χ3v) is 4.40. The number of hydrogen-bond donors (Lipinski definition) is 3. The van der Waals surface area contributed by atoms with Crippen molar-refractivity contribution in [3.63, 3.8) is 0 Å². The standard InChI is InChI=1S/C14H17BrN4OS/c1-3-8-7-9(15)5-6-10(8)18-13(20)11-12(16)19-14(21-11)17-4-2/h5-7H,3-4,16H2,1-2H3,(H,17,19)(H,18,20). The SMILES string of the molecule is CCNc1nc(N)c(C(=O)Nc2ccc(Br)cc2CC)s1. The number of benzene rings is 1. The molecule has 0 aliphatic carbocycles. The lowest BCUT2D eigenvalue weighted by molar-refractivity contribution is 0.103. The van der Waals surface area contributed by atoms with Crippen LogP contribution in [0.5, 0.6) is 0 Å². The maximum atomic E-state index is 12.3. The van der Waals surface area contributed by atoms with Gasteiger partial charge in [-0.05, 0) is 37.1 Å². The van der Waals surface area contributed by atoms with E-state index in [9.17, 15) is 4.79 Å². The van der Waals surface area contributed by atoms with E-state index in [0.717, 1.165) is 28.7 Å². The minimum absolute atomic E-state index is 0.230. The summed E-state index contributed by atoms with van der Waals surface area (Å²) < 4.78 is 0.990. The smallest absolute Gasteiger partial charge is 0.269 e. The summed E-state index contributed by atoms with van der Waals surface area (Å²) in [6, 6.07) is 5.77. The molecular formula is C14H17BrN4OS. The molecule has 1 aromatic carbocycles. The van der Waals surface area contributed by atoms with Gasteiger partial charge in [0.15, 0.2) is 5.13 Å². The zero-order chi connectivity index (χ0) is 15.4. The summed E-state index contributed by atoms with van der Waals surface area (Å²) in [7, 11) is 0. The van der Waals surface area contributed by atoms with E-state index in [0.29, 0.717) is 10.0 Å². The van der Waals surface area contributed by atoms with Crippen molar-refractivity contribution < 1.29 is 4.79 Å². The predicted octanol–water partition coefficient (Wildman–Crippen LogP) is 3.73. The Morgan fingerprint density at radius 3 is 2.86 bits per heavy atom. The molecule has 0 radical (unpaired) electrons. The maximum Gasteiger partial charge on any atom is 0.269 e. The second-order valence-electron chi connectivity index (χ2n) is 4.37. The van der Waals surface area contributed by atoms with E-state index in [2.05, 4.69) is 31.5 Å². The number of aryl methyl sites for hydroxylation is 1. The highest BCUT2D eigenvalue weighted by Gasteiger charge is 2.17. The average Bonchev–Trinajstić information content (AvgIpc) is 2.82. The van der Waals surface area contributed by atoms with Crippen molar-refractivity contribution in [2.24, 2.45) is 0 Å². The number of amides is 1. The van der Waals surface area contributed by atoms with Crippen LogP contribution in [0.1, 0.15) is 29.1 Å². The van der Waals surface area contributed by atoms with E-state index in [1.165, 1.54) is 11.3 Å². The maximum absolute atomic E-state index is 12.3. The van der Waals surface area contributed by atoms with Gasteiger partial charge in [-0.3, -0.25) is 4.79 Å². The quantitative estimate of drug-likeness (QED) is 0.750. The Labute approximate surface area is 136 Å². The molecule has 1 heterocycles. The predicted molar refractivity (Wildman–Crippen MR) is 92.2 cm³/mol. The van der Waals surface area contributed by atoms with Crippen LogP contribution in [-0.4, -0.2) is 17.4 Å². The number of nitrogen functional groups attached to an aromatic ring is 1. The molecule has 1 aromatic heterocycles. The lowest BCUT2D eigenvalue weighted by Gasteiger charge is -2.09. The number of nitrogens with two attached hydrogens (primary N) is 1. The van der Waals surface area contributed by atoms with E-state index in [1.807, 2.05) is 32.0 Å². The molecule has 2 rings (SSSR count). The van der Waals surface area contributed by atoms with Gasteiger partial charge < -0.3 is 16.4 Å². The van der Waals surface area contributed by atoms with Gasteiger partial charge in [0.05, 0.1) is 0 Å². The number of carbonyl (C=O) groups excluding carboxylic acids is 1. The van der Waals surface area contributed by atoms with Crippen molar-refractivity contribution in [1.82, 2.24) is 4.98 Å². The Balaban J connectivity index is 2.22. The molecule has 0 saturated carbocycles. The fraction of sp³-hybridized carbons (Fsp3) is 0.286. The van der Waals surface area contributed by atoms with Gasteiger partial charge in [-0.2, -0.15) is 0 Å². The molecule has 112 valence electrons. The summed E-state index contributed by atoms with van der Waals surface area (Å²) in [5.74, 6) is 0.0229. The van der Waals surface area contributed by atoms with Gasteiger partial charge in [-0.25, -0.2) is 4.98 Å². The van der Waals surface area contributed by atoms with Crippen molar-refractivity contribution in [3.05, 3.63) is 33.1 Å². The third kappa shape index (κ3) is 3.74. The fourth-order valence-electron chi connectivity index (χ4n) is 1.88. The average molecular weight is 369 g/mol. The topological polar surface area (TPSA) is 80.0 Å². The van der Waals surface area contributed by atoms with Gasteiger partial charge in [0.25, 0.3) is 5.91 Å². The van der Waals surface area contributed by atoms with Crippen molar-refractivity contribution in [2.45, 2.75) is 20.3 Å². The molecule has 7 heteroatoms. The zero-order valence-electron chi connectivity index (χ0n) is 11.9. The first-order valence-electron chi connectivity index (χ1n) is 6.65. The van der Waals surface area contributed by atoms with Gasteiger partial charge in [0.2, 0.25) is 0 Å². The number of rotatable bonds is 5. The van der Waals surface area contributed by atoms with Gasteiger partial charge in [0.1, 0.15) is 10.7 Å². The number of anilines is 3. The minimum Gasteiger partial charge on any atom is -0.382 e. The summed E-state index contributed by atoms with van der Waals surface area (Å²) in [5, 5.41) is 6.62. The Morgan fingerprint density at radius 1 is 1.43 bits per heavy atom. The lowest BCUT2D eigenvalue weighted by atomic mass is 10.1. The Bertz CT molecular complexity index is 656. The summed E-state index contributed by atoms with van der Waals surface area (Å²) in [4.78, 5) is 16.9. The normalized spacial score (nSPS) is 10.4. The van der Waals surface area contributed by atoms with Crippen LogP contribution >= 0.6 is 27.3 Å². The number of carbonyl (C=O) groups is 1. The second kappa shape index (κ2) is 6.91. The van der Waals surface area contributed by atoms with Crippen molar-refractivity contribution >= 4 is 49.8 Å². The first-order valence-corrected chi connectivity index (χ1v) is 8.26. The van der Waals surface area contributed by atoms with Crippen LogP contribution in [-0.2, 0) is 6.42 Å². The van der Waals surface area contributed by atoms with Crippen LogP contribution in [0.15, 0.2) is 22.7 Å². The van der Waals surface area contributed by atoms with E-state index < -0.39 is 0 Å². The molecule has 21 heavy (non-hydrogen) atoms. The highest BCUT2D eigenvalue weighted by atomic mass is 79.9. The van der Waals surface area contributed by atoms with Gasteiger partial charge in [-0.15, -0.1) is 0 Å². The van der Waals surface area contributed by atoms with Crippen LogP contribution in [0, 0.1) is 0 Å². The van der Waals surface area contributed by atoms with E-state index >= 15 is 0 Å². The van der Waals surface area contributed by atoms with Crippen LogP contribution < -0.4 is 16.4 Å². The minimum atomic E-state index is -0.230. The van der Waals surface area contributed by atoms with Gasteiger partial charge in [0, 0.05) is 16.7 Å². The van der Waals surface area contributed by atoms with E-state index in [1.54, 1.807) is 0 Å². The molecule has 0 fully saturated rings. The fourth-order valence-corrected chi connectivity index (χ4v) is 3.13. The summed E-state index contributed by atoms with van der Waals surface area (Å²) in [6.07, 6.45) is 0.829. The van der Waals surface area contributed by atoms with Crippen LogP contribution in [0.2, 0.25) is 0 Å². The summed E-state index contributed by atoms with van der Waals surface area (Å²) in [5.41, 5.74) is 7.67. The van der Waals surface area contributed by atoms with Crippen LogP contribution in [0.4, 0.5) is 16.6 Å². The molecule has 0 atom stereocenters. The molecule has 0 saturated heterocycles. The largest absolute Gasteiger partial charge is 0.382 e. The monoisotopic (exact) mass is 368 g/mol. The molecule has 0 unspecified atom stereocenters. The van der Waals surface area contributed by atoms with E-state index in [4.69, 9.17) is 5.73 Å². The molecule has 1 amide bonds. The second-order valence-corrected chi connectivity index (χ2v) is 6.29. The number of thiazole rings is 1. The lowest BCUT2D eigenvalue weighted by Crippen LogP contribution is -2.13. The van der Waals surface area contributed by atoms with Crippen molar-refractivity contribution in [1.29, 1.82) is 0 Å². The van der Waals surface area contributed by atoms with Crippen molar-refractivity contribution in [3.8, 4) is 0 Å². The van der Waals surface area contributed by atoms with E-state index in [-0.39, 0.29) is 11.7 Å². The van der Waals surface area contributed by atoms with Crippen molar-refractivity contribution in [2.75, 3.05) is 22.9 Å². The van der Waals surface area contributed by atoms with Crippen LogP contribution in [0.3, 0.4) is 0 Å². The molecule has 0 aliphatic rings. The van der Waals surface area contributed by atoms with Crippen LogP contribution in [0.25, 0.3) is 0 Å². The number of nitrogens with one attached hydrogen (secondary N) is 2. The number of hydrogen-bond acceptors (Lipinski definition) is 5. The highest BCUT2D eigenvalue weighted by molar-refractivity contribution is 9.10. The summed E-state index contributed by atoms with van der Waals surface area (Å²) >= 11 is 4.69. The first-order chi connectivity index (χ1) is 10.0. The first kappa shape index (κ1) is 15.8. The number of halogens is 1. The molecule has 0 bridgehead atoms. The molecule has 0 spiro atoms. The number of nitrogens with zero attached hydrogens (tertiary/aromatic N) is 1. The Hall–Kier alpha value is -1.60. The molecule has 0 aliphatic heterocycles. The highest BCUT2D eigenvalue weighted by Crippen LogP contribution is 2.27. The molecular weight excluding hydrogens is 352 g/mol. The third-order valence-electron chi connectivity index (χ3n) is 2.88. The van der Waals surface area contributed by atoms with Gasteiger partial charge >= 0.3 is 0 Å². The molecule has 5 nitrogen and oxygen atoms in total. The zero-order valence-corrected chi connectivity index (χ0v) is 14.3. The van der Waals surface area contributed by atoms with Gasteiger partial charge in [-0.1, -0.05) is 34.2 Å².